The van der Waals surface area contributed by atoms with E-state index < -0.39 is 29.0 Å². The van der Waals surface area contributed by atoms with Gasteiger partial charge in [0.2, 0.25) is 11.8 Å². The van der Waals surface area contributed by atoms with Gasteiger partial charge in [-0.1, -0.05) is 6.07 Å². The van der Waals surface area contributed by atoms with E-state index in [9.17, 15) is 19.2 Å². The lowest BCUT2D eigenvalue weighted by Gasteiger charge is -2.18. The smallest absolute Gasteiger partial charge is 0.335 e. The highest BCUT2D eigenvalue weighted by atomic mass is 32.2. The van der Waals surface area contributed by atoms with E-state index in [0.717, 1.165) is 16.7 Å². The molecule has 1 saturated heterocycles. The predicted molar refractivity (Wildman–Crippen MR) is 88.1 cm³/mol. The van der Waals surface area contributed by atoms with Crippen molar-refractivity contribution in [2.24, 2.45) is 0 Å². The molecule has 0 unspecified atom stereocenters. The molecular weight excluding hydrogens is 334 g/mol. The van der Waals surface area contributed by atoms with Crippen LogP contribution in [0.1, 0.15) is 29.3 Å². The summed E-state index contributed by atoms with van der Waals surface area (Å²) in [6.07, 6.45) is -0.0281. The Hall–Kier alpha value is -2.35. The lowest BCUT2D eigenvalue weighted by atomic mass is 10.1. The van der Waals surface area contributed by atoms with E-state index in [4.69, 9.17) is 9.84 Å². The van der Waals surface area contributed by atoms with Crippen LogP contribution >= 0.6 is 11.8 Å². The number of thioether (sulfide) groups is 1. The summed E-state index contributed by atoms with van der Waals surface area (Å²) in [6, 6.07) is 4.28. The van der Waals surface area contributed by atoms with E-state index in [1.54, 1.807) is 19.9 Å². The Labute approximate surface area is 143 Å². The number of rotatable bonds is 6. The predicted octanol–water partition coefficient (Wildman–Crippen LogP) is 1.62. The Balaban J connectivity index is 2.19. The van der Waals surface area contributed by atoms with Gasteiger partial charge < -0.3 is 9.84 Å². The van der Waals surface area contributed by atoms with Gasteiger partial charge in [-0.3, -0.25) is 14.4 Å². The second kappa shape index (κ2) is 7.48. The van der Waals surface area contributed by atoms with Crippen molar-refractivity contribution in [3.05, 3.63) is 29.3 Å². The van der Waals surface area contributed by atoms with Gasteiger partial charge in [0.15, 0.2) is 0 Å². The molecule has 1 aromatic carbocycles. The number of hydrogen-bond donors (Lipinski definition) is 1. The van der Waals surface area contributed by atoms with Crippen LogP contribution in [-0.2, 0) is 19.1 Å². The molecule has 0 aliphatic carbocycles. The van der Waals surface area contributed by atoms with Gasteiger partial charge >= 0.3 is 11.9 Å². The molecule has 1 aliphatic rings. The van der Waals surface area contributed by atoms with Gasteiger partial charge in [-0.2, -0.15) is 0 Å². The first-order chi connectivity index (χ1) is 11.3. The zero-order valence-electron chi connectivity index (χ0n) is 13.3. The molecule has 0 saturated carbocycles. The number of nitrogens with zero attached hydrogens (tertiary/aromatic N) is 1. The van der Waals surface area contributed by atoms with Crippen LogP contribution in [0.3, 0.4) is 0 Å². The minimum atomic E-state index is -1.14. The second-order valence-electron chi connectivity index (χ2n) is 5.18. The van der Waals surface area contributed by atoms with E-state index in [1.807, 2.05) is 0 Å². The summed E-state index contributed by atoms with van der Waals surface area (Å²) in [7, 11) is 0. The van der Waals surface area contributed by atoms with Gasteiger partial charge in [-0.15, -0.1) is 11.8 Å². The van der Waals surface area contributed by atoms with Crippen molar-refractivity contribution in [2.45, 2.75) is 25.5 Å². The summed E-state index contributed by atoms with van der Waals surface area (Å²) in [4.78, 5) is 48.2. The zero-order valence-corrected chi connectivity index (χ0v) is 14.1. The summed E-state index contributed by atoms with van der Waals surface area (Å²) in [5.74, 6) is -2.44. The molecule has 24 heavy (non-hydrogen) atoms. The summed E-state index contributed by atoms with van der Waals surface area (Å²) in [5, 5.41) is 8.41. The van der Waals surface area contributed by atoms with Crippen LogP contribution in [0.25, 0.3) is 0 Å². The summed E-state index contributed by atoms with van der Waals surface area (Å²) < 4.78 is 4.80. The van der Waals surface area contributed by atoms with Crippen LogP contribution in [0.2, 0.25) is 0 Å². The molecule has 0 bridgehead atoms. The number of benzene rings is 1. The van der Waals surface area contributed by atoms with Crippen molar-refractivity contribution in [1.82, 2.24) is 0 Å². The average Bonchev–Trinajstić information content (AvgIpc) is 2.80. The number of hydrogen-bond acceptors (Lipinski definition) is 6. The van der Waals surface area contributed by atoms with Crippen LogP contribution in [0.15, 0.2) is 18.2 Å². The second-order valence-corrected chi connectivity index (χ2v) is 6.37. The van der Waals surface area contributed by atoms with Crippen molar-refractivity contribution < 1.29 is 29.0 Å². The van der Waals surface area contributed by atoms with Crippen LogP contribution in [0.5, 0.6) is 0 Å². The summed E-state index contributed by atoms with van der Waals surface area (Å²) in [6.45, 7) is 3.64. The summed E-state index contributed by atoms with van der Waals surface area (Å²) >= 11 is 1.06. The van der Waals surface area contributed by atoms with Crippen LogP contribution in [-0.4, -0.2) is 46.5 Å². The normalized spacial score (nSPS) is 17.2. The highest BCUT2D eigenvalue weighted by Crippen LogP contribution is 2.32. The minimum absolute atomic E-state index is 0.00109. The molecule has 8 heteroatoms. The molecule has 7 nitrogen and oxygen atoms in total. The molecule has 1 atom stereocenters. The first-order valence-corrected chi connectivity index (χ1v) is 8.38. The van der Waals surface area contributed by atoms with E-state index in [2.05, 4.69) is 0 Å². The number of imide groups is 1. The number of carboxylic acid groups (broad SMARTS) is 1. The lowest BCUT2D eigenvalue weighted by molar-refractivity contribution is -0.139. The van der Waals surface area contributed by atoms with Crippen molar-refractivity contribution in [3.8, 4) is 0 Å². The average molecular weight is 351 g/mol. The number of aryl methyl sites for hydroxylation is 1. The molecule has 1 heterocycles. The third-order valence-corrected chi connectivity index (χ3v) is 4.68. The van der Waals surface area contributed by atoms with Gasteiger partial charge in [0.05, 0.1) is 28.9 Å². The Morgan fingerprint density at radius 3 is 2.71 bits per heavy atom. The first-order valence-electron chi connectivity index (χ1n) is 7.33. The Kier molecular flexibility index (Phi) is 5.61. The number of aromatic carboxylic acids is 1. The van der Waals surface area contributed by atoms with Crippen molar-refractivity contribution in [2.75, 3.05) is 17.3 Å². The Morgan fingerprint density at radius 1 is 1.38 bits per heavy atom. The number of carbonyl (C=O) groups excluding carboxylic acids is 3. The summed E-state index contributed by atoms with van der Waals surface area (Å²) in [5.41, 5.74) is 0.890. The van der Waals surface area contributed by atoms with Gasteiger partial charge in [-0.25, -0.2) is 9.69 Å². The number of ether oxygens (including phenoxy) is 1. The molecule has 2 amide bonds. The third kappa shape index (κ3) is 3.76. The molecule has 1 fully saturated rings. The van der Waals surface area contributed by atoms with E-state index in [1.165, 1.54) is 12.1 Å². The van der Waals surface area contributed by atoms with Crippen LogP contribution in [0, 0.1) is 6.92 Å². The van der Waals surface area contributed by atoms with Crippen molar-refractivity contribution in [1.29, 1.82) is 0 Å². The first kappa shape index (κ1) is 18.0. The Bertz CT molecular complexity index is 702. The highest BCUT2D eigenvalue weighted by molar-refractivity contribution is 8.01. The van der Waals surface area contributed by atoms with Gasteiger partial charge in [0.25, 0.3) is 0 Å². The van der Waals surface area contributed by atoms with Crippen LogP contribution < -0.4 is 4.90 Å². The molecule has 0 aromatic heterocycles. The van der Waals surface area contributed by atoms with Gasteiger partial charge in [0, 0.05) is 6.42 Å². The number of anilines is 1. The van der Waals surface area contributed by atoms with Gasteiger partial charge in [-0.05, 0) is 31.5 Å². The maximum absolute atomic E-state index is 12.5. The molecule has 1 aliphatic heterocycles. The molecular formula is C16H17NO6S. The standard InChI is InChI=1S/C16H17NO6S/c1-3-23-14(19)8-24-12-7-13(18)17(15(12)20)11-6-10(16(21)22)5-4-9(11)2/h4-6,12H,3,7-8H2,1-2H3,(H,21,22)/t12-/m1/s1. The molecule has 1 aromatic rings. The number of esters is 1. The monoisotopic (exact) mass is 351 g/mol. The number of amides is 2. The minimum Gasteiger partial charge on any atom is -0.478 e. The molecule has 0 radical (unpaired) electrons. The van der Waals surface area contributed by atoms with Crippen LogP contribution in [0.4, 0.5) is 5.69 Å². The largest absolute Gasteiger partial charge is 0.478 e. The van der Waals surface area contributed by atoms with Gasteiger partial charge in [0.1, 0.15) is 0 Å². The quantitative estimate of drug-likeness (QED) is 0.614. The van der Waals surface area contributed by atoms with E-state index in [0.29, 0.717) is 5.56 Å². The topological polar surface area (TPSA) is 101 Å². The fourth-order valence-corrected chi connectivity index (χ4v) is 3.27. The molecule has 1 N–H and O–H groups in total. The highest BCUT2D eigenvalue weighted by Gasteiger charge is 2.40. The molecule has 2 rings (SSSR count). The zero-order chi connectivity index (χ0) is 17.9. The number of carboxylic acids is 1. The Morgan fingerprint density at radius 2 is 2.08 bits per heavy atom. The number of carbonyl (C=O) groups is 4. The lowest BCUT2D eigenvalue weighted by Crippen LogP contribution is -2.32. The molecule has 0 spiro atoms. The van der Waals surface area contributed by atoms with E-state index >= 15 is 0 Å². The van der Waals surface area contributed by atoms with Crippen molar-refractivity contribution in [3.63, 3.8) is 0 Å². The maximum atomic E-state index is 12.5. The van der Waals surface area contributed by atoms with Crippen molar-refractivity contribution >= 4 is 41.2 Å². The molecule has 128 valence electrons. The van der Waals surface area contributed by atoms with E-state index in [-0.39, 0.29) is 30.0 Å². The fraction of sp³-hybridized carbons (Fsp3) is 0.375. The SMILES string of the molecule is CCOC(=O)CS[C@@H]1CC(=O)N(c2cc(C(=O)O)ccc2C)C1=O. The maximum Gasteiger partial charge on any atom is 0.335 e. The fourth-order valence-electron chi connectivity index (χ4n) is 2.34. The third-order valence-electron chi connectivity index (χ3n) is 3.51.